The molecule has 10 nitrogen and oxygen atoms in total. The Hall–Kier alpha value is -3.44. The number of carbonyl (C=O) groups excluding carboxylic acids is 1. The van der Waals surface area contributed by atoms with Gasteiger partial charge in [-0.2, -0.15) is 5.10 Å². The molecule has 0 bridgehead atoms. The van der Waals surface area contributed by atoms with Gasteiger partial charge in [0.05, 0.1) is 9.95 Å². The van der Waals surface area contributed by atoms with E-state index in [-0.39, 0.29) is 23.9 Å². The van der Waals surface area contributed by atoms with E-state index >= 15 is 0 Å². The highest BCUT2D eigenvalue weighted by Crippen LogP contribution is 2.27. The van der Waals surface area contributed by atoms with Crippen molar-refractivity contribution in [2.24, 2.45) is 10.9 Å². The Morgan fingerprint density at radius 3 is 2.67 bits per heavy atom. The number of halogens is 2. The van der Waals surface area contributed by atoms with Crippen LogP contribution in [-0.2, 0) is 11.6 Å². The molecule has 0 radical (unpaired) electrons. The molecule has 2 N–H and O–H groups in total. The fraction of sp³-hybridized carbons (Fsp3) is 0.0556. The van der Waals surface area contributed by atoms with E-state index in [2.05, 4.69) is 26.2 Å². The smallest absolute Gasteiger partial charge is 0.385 e. The summed E-state index contributed by atoms with van der Waals surface area (Å²) >= 11 is 9.38. The number of nitrogens with two attached hydrogens (primary N) is 1. The van der Waals surface area contributed by atoms with E-state index in [1.165, 1.54) is 41.2 Å². The summed E-state index contributed by atoms with van der Waals surface area (Å²) in [7, 11) is 0. The second-order valence-corrected chi connectivity index (χ2v) is 7.07. The molecule has 0 saturated carbocycles. The Kier molecular flexibility index (Phi) is 6.65. The van der Waals surface area contributed by atoms with E-state index in [0.717, 1.165) is 4.47 Å². The Morgan fingerprint density at radius 1 is 1.27 bits per heavy atom. The van der Waals surface area contributed by atoms with Gasteiger partial charge in [-0.05, 0) is 36.4 Å². The van der Waals surface area contributed by atoms with Gasteiger partial charge in [0.2, 0.25) is 0 Å². The van der Waals surface area contributed by atoms with Crippen LogP contribution in [0.1, 0.15) is 16.1 Å². The zero-order valence-corrected chi connectivity index (χ0v) is 17.4. The highest BCUT2D eigenvalue weighted by atomic mass is 79.9. The van der Waals surface area contributed by atoms with Crippen molar-refractivity contribution in [2.45, 2.75) is 6.73 Å². The van der Waals surface area contributed by atoms with Crippen LogP contribution in [0.25, 0.3) is 0 Å². The maximum atomic E-state index is 12.1. The molecule has 0 saturated heterocycles. The van der Waals surface area contributed by atoms with Crippen LogP contribution >= 0.6 is 27.5 Å². The molecular weight excluding hydrogens is 482 g/mol. The molecule has 0 aliphatic carbocycles. The summed E-state index contributed by atoms with van der Waals surface area (Å²) in [5.74, 6) is -0.494. The summed E-state index contributed by atoms with van der Waals surface area (Å²) in [6.07, 6.45) is 1.52. The first-order valence-corrected chi connectivity index (χ1v) is 9.41. The average Bonchev–Trinajstić information content (AvgIpc) is 3.20. The van der Waals surface area contributed by atoms with Crippen molar-refractivity contribution in [1.82, 2.24) is 9.78 Å². The molecule has 1 heterocycles. The van der Waals surface area contributed by atoms with Crippen LogP contribution < -0.4 is 10.5 Å². The molecule has 0 aliphatic rings. The second-order valence-electron chi connectivity index (χ2n) is 5.75. The molecule has 0 atom stereocenters. The third kappa shape index (κ3) is 5.33. The number of carbonyl (C=O) groups is 1. The summed E-state index contributed by atoms with van der Waals surface area (Å²) in [5.41, 5.74) is 5.98. The predicted octanol–water partition coefficient (Wildman–Crippen LogP) is 3.72. The van der Waals surface area contributed by atoms with Crippen molar-refractivity contribution in [3.63, 3.8) is 0 Å². The van der Waals surface area contributed by atoms with Gasteiger partial charge in [0.25, 0.3) is 5.69 Å². The van der Waals surface area contributed by atoms with Crippen LogP contribution in [-0.4, -0.2) is 26.5 Å². The lowest BCUT2D eigenvalue weighted by Crippen LogP contribution is -2.15. The van der Waals surface area contributed by atoms with Crippen LogP contribution in [0, 0.1) is 10.1 Å². The topological polar surface area (TPSA) is 135 Å². The predicted molar refractivity (Wildman–Crippen MR) is 111 cm³/mol. The number of rotatable bonds is 7. The zero-order valence-electron chi connectivity index (χ0n) is 15.1. The van der Waals surface area contributed by atoms with E-state index in [9.17, 15) is 14.9 Å². The van der Waals surface area contributed by atoms with Crippen molar-refractivity contribution >= 4 is 45.0 Å². The molecule has 3 rings (SSSR count). The normalized spacial score (nSPS) is 11.2. The summed E-state index contributed by atoms with van der Waals surface area (Å²) < 4.78 is 7.74. The number of hydrogen-bond donors (Lipinski definition) is 1. The summed E-state index contributed by atoms with van der Waals surface area (Å²) in [6.45, 7) is 0.0167. The Balaban J connectivity index is 1.59. The molecule has 12 heteroatoms. The lowest BCUT2D eigenvalue weighted by molar-refractivity contribution is -0.384. The van der Waals surface area contributed by atoms with Crippen molar-refractivity contribution in [1.29, 1.82) is 0 Å². The minimum absolute atomic E-state index is 0.0132. The quantitative estimate of drug-likeness (QED) is 0.174. The monoisotopic (exact) mass is 493 g/mol. The lowest BCUT2D eigenvalue weighted by Gasteiger charge is -2.08. The minimum Gasteiger partial charge on any atom is -0.470 e. The van der Waals surface area contributed by atoms with Gasteiger partial charge in [-0.3, -0.25) is 10.1 Å². The summed E-state index contributed by atoms with van der Waals surface area (Å²) in [4.78, 5) is 27.0. The number of nitro groups is 1. The number of nitro benzene ring substituents is 1. The Labute approximate surface area is 183 Å². The largest absolute Gasteiger partial charge is 0.470 e. The average molecular weight is 495 g/mol. The van der Waals surface area contributed by atoms with Crippen molar-refractivity contribution in [3.05, 3.63) is 85.6 Å². The van der Waals surface area contributed by atoms with Gasteiger partial charge in [-0.25, -0.2) is 9.48 Å². The van der Waals surface area contributed by atoms with E-state index in [1.54, 1.807) is 18.2 Å². The van der Waals surface area contributed by atoms with Crippen LogP contribution in [0.4, 0.5) is 5.69 Å². The number of ether oxygens (including phenoxy) is 1. The Bertz CT molecular complexity index is 1120. The molecule has 0 fully saturated rings. The number of hydrogen-bond acceptors (Lipinski definition) is 7. The fourth-order valence-corrected chi connectivity index (χ4v) is 2.94. The number of oxime groups is 1. The number of amidine groups is 1. The molecular formula is C18H13BrClN5O5. The summed E-state index contributed by atoms with van der Waals surface area (Å²) in [6, 6.07) is 11.9. The van der Waals surface area contributed by atoms with Crippen molar-refractivity contribution in [3.8, 4) is 5.75 Å². The van der Waals surface area contributed by atoms with Gasteiger partial charge in [0.15, 0.2) is 18.3 Å². The molecule has 3 aromatic rings. The first-order chi connectivity index (χ1) is 14.3. The van der Waals surface area contributed by atoms with Crippen molar-refractivity contribution < 1.29 is 19.3 Å². The fourth-order valence-electron chi connectivity index (χ4n) is 2.21. The van der Waals surface area contributed by atoms with Gasteiger partial charge in [0, 0.05) is 28.4 Å². The van der Waals surface area contributed by atoms with E-state index in [1.807, 2.05) is 0 Å². The molecule has 0 amide bonds. The van der Waals surface area contributed by atoms with Gasteiger partial charge >= 0.3 is 5.97 Å². The first kappa shape index (κ1) is 21.3. The van der Waals surface area contributed by atoms with Crippen LogP contribution in [0.2, 0.25) is 5.02 Å². The highest BCUT2D eigenvalue weighted by Gasteiger charge is 2.13. The third-order valence-electron chi connectivity index (χ3n) is 3.70. The maximum Gasteiger partial charge on any atom is 0.385 e. The van der Waals surface area contributed by atoms with Crippen LogP contribution in [0.15, 0.2) is 64.4 Å². The number of aromatic nitrogens is 2. The Morgan fingerprint density at radius 2 is 2.00 bits per heavy atom. The zero-order chi connectivity index (χ0) is 21.7. The van der Waals surface area contributed by atoms with Crippen molar-refractivity contribution in [2.75, 3.05) is 0 Å². The number of benzene rings is 2. The summed E-state index contributed by atoms with van der Waals surface area (Å²) in [5, 5.41) is 18.7. The van der Waals surface area contributed by atoms with E-state index in [4.69, 9.17) is 26.9 Å². The molecule has 154 valence electrons. The van der Waals surface area contributed by atoms with Gasteiger partial charge in [-0.15, -0.1) is 0 Å². The van der Waals surface area contributed by atoms with Crippen LogP contribution in [0.3, 0.4) is 0 Å². The van der Waals surface area contributed by atoms with E-state index in [0.29, 0.717) is 16.3 Å². The SMILES string of the molecule is N/C(=N\OC(=O)c1ccn(COc2ccc(Br)cc2Cl)n1)c1ccc([N+](=O)[O-])cc1. The maximum absolute atomic E-state index is 12.1. The number of nitrogens with zero attached hydrogens (tertiary/aromatic N) is 4. The molecule has 1 aromatic heterocycles. The van der Waals surface area contributed by atoms with Gasteiger partial charge in [-0.1, -0.05) is 32.7 Å². The lowest BCUT2D eigenvalue weighted by atomic mass is 10.2. The van der Waals surface area contributed by atoms with Gasteiger partial charge in [0.1, 0.15) is 5.75 Å². The van der Waals surface area contributed by atoms with E-state index < -0.39 is 10.9 Å². The third-order valence-corrected chi connectivity index (χ3v) is 4.49. The molecule has 30 heavy (non-hydrogen) atoms. The second kappa shape index (κ2) is 9.37. The molecule has 0 aliphatic heterocycles. The standard InChI is InChI=1S/C18H13BrClN5O5/c19-12-3-6-16(14(20)9-12)29-10-24-8-7-15(22-24)18(26)30-23-17(21)11-1-4-13(5-2-11)25(27)28/h1-9H,10H2,(H2,21,23). The molecule has 2 aromatic carbocycles. The number of non-ortho nitro benzene ring substituents is 1. The minimum atomic E-state index is -0.833. The van der Waals surface area contributed by atoms with Crippen LogP contribution in [0.5, 0.6) is 5.75 Å². The van der Waals surface area contributed by atoms with Gasteiger partial charge < -0.3 is 15.3 Å². The first-order valence-electron chi connectivity index (χ1n) is 8.24. The molecule has 0 unspecified atom stereocenters. The highest BCUT2D eigenvalue weighted by molar-refractivity contribution is 9.10. The molecule has 0 spiro atoms.